The lowest BCUT2D eigenvalue weighted by Gasteiger charge is -2.31. The SMILES string of the molecule is Cc1ccc(CN(C(=O)CCc2ccc(C(C)(C)C)cc2)[C@H](C)C(=O)NC(C)(C)C)cc1. The number of carbonyl (C=O) groups excluding carboxylic acids is 2. The van der Waals surface area contributed by atoms with Gasteiger partial charge in [-0.1, -0.05) is 74.9 Å². The third-order valence-electron chi connectivity index (χ3n) is 5.59. The van der Waals surface area contributed by atoms with Crippen LogP contribution in [-0.2, 0) is 28.0 Å². The maximum Gasteiger partial charge on any atom is 0.242 e. The van der Waals surface area contributed by atoms with Crippen LogP contribution in [0.1, 0.15) is 77.1 Å². The fourth-order valence-electron chi connectivity index (χ4n) is 3.51. The third kappa shape index (κ3) is 7.81. The Morgan fingerprint density at radius 1 is 0.875 bits per heavy atom. The minimum atomic E-state index is -0.550. The zero-order valence-corrected chi connectivity index (χ0v) is 21.1. The van der Waals surface area contributed by atoms with E-state index in [1.54, 1.807) is 4.90 Å². The van der Waals surface area contributed by atoms with Gasteiger partial charge >= 0.3 is 0 Å². The Hall–Kier alpha value is -2.62. The first kappa shape index (κ1) is 25.6. The summed E-state index contributed by atoms with van der Waals surface area (Å²) in [6, 6.07) is 16.1. The zero-order chi connectivity index (χ0) is 24.1. The number of hydrogen-bond acceptors (Lipinski definition) is 2. The van der Waals surface area contributed by atoms with Gasteiger partial charge in [0.2, 0.25) is 11.8 Å². The lowest BCUT2D eigenvalue weighted by molar-refractivity contribution is -0.141. The summed E-state index contributed by atoms with van der Waals surface area (Å²) in [6.45, 7) is 16.7. The monoisotopic (exact) mass is 436 g/mol. The largest absolute Gasteiger partial charge is 0.350 e. The summed E-state index contributed by atoms with van der Waals surface area (Å²) >= 11 is 0. The van der Waals surface area contributed by atoms with Crippen LogP contribution < -0.4 is 5.32 Å². The van der Waals surface area contributed by atoms with E-state index in [2.05, 4.69) is 50.4 Å². The zero-order valence-electron chi connectivity index (χ0n) is 21.1. The molecule has 0 bridgehead atoms. The Balaban J connectivity index is 2.15. The van der Waals surface area contributed by atoms with Gasteiger partial charge in [-0.2, -0.15) is 0 Å². The first-order chi connectivity index (χ1) is 14.8. The van der Waals surface area contributed by atoms with Crippen molar-refractivity contribution in [3.05, 3.63) is 70.8 Å². The van der Waals surface area contributed by atoms with E-state index >= 15 is 0 Å². The van der Waals surface area contributed by atoms with E-state index in [4.69, 9.17) is 0 Å². The van der Waals surface area contributed by atoms with E-state index in [0.717, 1.165) is 11.1 Å². The first-order valence-corrected chi connectivity index (χ1v) is 11.5. The Labute approximate surface area is 194 Å². The average Bonchev–Trinajstić information content (AvgIpc) is 2.69. The molecule has 0 aliphatic carbocycles. The second kappa shape index (κ2) is 10.3. The second-order valence-corrected chi connectivity index (χ2v) is 10.9. The molecular formula is C28H40N2O2. The number of rotatable bonds is 7. The van der Waals surface area contributed by atoms with Crippen molar-refractivity contribution in [2.75, 3.05) is 0 Å². The Morgan fingerprint density at radius 2 is 1.41 bits per heavy atom. The topological polar surface area (TPSA) is 49.4 Å². The Kier molecular flexibility index (Phi) is 8.28. The smallest absolute Gasteiger partial charge is 0.242 e. The van der Waals surface area contributed by atoms with E-state index in [9.17, 15) is 9.59 Å². The Morgan fingerprint density at radius 3 is 1.91 bits per heavy atom. The van der Waals surface area contributed by atoms with Crippen LogP contribution >= 0.6 is 0 Å². The van der Waals surface area contributed by atoms with Gasteiger partial charge in [-0.05, 0) is 63.1 Å². The van der Waals surface area contributed by atoms with Gasteiger partial charge in [0, 0.05) is 18.5 Å². The number of hydrogen-bond donors (Lipinski definition) is 1. The number of nitrogens with zero attached hydrogens (tertiary/aromatic N) is 1. The Bertz CT molecular complexity index is 900. The molecule has 2 rings (SSSR count). The first-order valence-electron chi connectivity index (χ1n) is 11.5. The van der Waals surface area contributed by atoms with Gasteiger partial charge in [0.1, 0.15) is 6.04 Å². The average molecular weight is 437 g/mol. The number of carbonyl (C=O) groups is 2. The predicted molar refractivity (Wildman–Crippen MR) is 133 cm³/mol. The van der Waals surface area contributed by atoms with Gasteiger partial charge in [0.05, 0.1) is 0 Å². The van der Waals surface area contributed by atoms with Gasteiger partial charge in [-0.25, -0.2) is 0 Å². The highest BCUT2D eigenvalue weighted by atomic mass is 16.2. The van der Waals surface area contributed by atoms with Gasteiger partial charge in [-0.15, -0.1) is 0 Å². The van der Waals surface area contributed by atoms with Crippen molar-refractivity contribution < 1.29 is 9.59 Å². The fourth-order valence-corrected chi connectivity index (χ4v) is 3.51. The van der Waals surface area contributed by atoms with Gasteiger partial charge < -0.3 is 10.2 Å². The van der Waals surface area contributed by atoms with Gasteiger partial charge in [0.15, 0.2) is 0 Å². The minimum Gasteiger partial charge on any atom is -0.350 e. The highest BCUT2D eigenvalue weighted by Crippen LogP contribution is 2.23. The molecule has 174 valence electrons. The van der Waals surface area contributed by atoms with Crippen LogP contribution in [0.25, 0.3) is 0 Å². The molecule has 2 aromatic rings. The molecule has 0 aromatic heterocycles. The second-order valence-electron chi connectivity index (χ2n) is 10.9. The molecule has 1 N–H and O–H groups in total. The molecule has 2 amide bonds. The van der Waals surface area contributed by atoms with Crippen molar-refractivity contribution in [1.29, 1.82) is 0 Å². The summed E-state index contributed by atoms with van der Waals surface area (Å²) in [5, 5.41) is 3.01. The lowest BCUT2D eigenvalue weighted by Crippen LogP contribution is -2.52. The quantitative estimate of drug-likeness (QED) is 0.618. The van der Waals surface area contributed by atoms with Crippen molar-refractivity contribution in [3.8, 4) is 0 Å². The molecule has 0 saturated heterocycles. The molecule has 0 saturated carbocycles. The van der Waals surface area contributed by atoms with Crippen LogP contribution in [0.4, 0.5) is 0 Å². The molecule has 1 atom stereocenters. The molecule has 0 unspecified atom stereocenters. The predicted octanol–water partition coefficient (Wildman–Crippen LogP) is 5.56. The fraction of sp³-hybridized carbons (Fsp3) is 0.500. The van der Waals surface area contributed by atoms with Crippen molar-refractivity contribution >= 4 is 11.8 Å². The molecule has 0 spiro atoms. The summed E-state index contributed by atoms with van der Waals surface area (Å²) in [5.74, 6) is -0.144. The number of aryl methyl sites for hydroxylation is 2. The number of amides is 2. The third-order valence-corrected chi connectivity index (χ3v) is 5.59. The van der Waals surface area contributed by atoms with Crippen molar-refractivity contribution in [3.63, 3.8) is 0 Å². The molecule has 0 fully saturated rings. The van der Waals surface area contributed by atoms with E-state index in [1.165, 1.54) is 11.1 Å². The summed E-state index contributed by atoms with van der Waals surface area (Å²) < 4.78 is 0. The summed E-state index contributed by atoms with van der Waals surface area (Å²) in [7, 11) is 0. The normalized spacial score (nSPS) is 12.9. The van der Waals surface area contributed by atoms with Crippen LogP contribution in [0.2, 0.25) is 0 Å². The molecule has 0 radical (unpaired) electrons. The standard InChI is InChI=1S/C28H40N2O2/c1-20-9-11-23(12-10-20)19-30(21(2)26(32)29-28(6,7)8)25(31)18-15-22-13-16-24(17-14-22)27(3,4)5/h9-14,16-17,21H,15,18-19H2,1-8H3,(H,29,32)/t21-/m1/s1. The van der Waals surface area contributed by atoms with E-state index in [-0.39, 0.29) is 22.8 Å². The maximum absolute atomic E-state index is 13.3. The number of nitrogens with one attached hydrogen (secondary N) is 1. The van der Waals surface area contributed by atoms with E-state index in [0.29, 0.717) is 19.4 Å². The summed E-state index contributed by atoms with van der Waals surface area (Å²) in [4.78, 5) is 27.8. The van der Waals surface area contributed by atoms with Gasteiger partial charge in [0.25, 0.3) is 0 Å². The van der Waals surface area contributed by atoms with E-state index in [1.807, 2.05) is 58.9 Å². The lowest BCUT2D eigenvalue weighted by atomic mass is 9.86. The van der Waals surface area contributed by atoms with Crippen LogP contribution in [0.15, 0.2) is 48.5 Å². The summed E-state index contributed by atoms with van der Waals surface area (Å²) in [5.41, 5.74) is 4.36. The summed E-state index contributed by atoms with van der Waals surface area (Å²) in [6.07, 6.45) is 1.02. The minimum absolute atomic E-state index is 0.0120. The van der Waals surface area contributed by atoms with Gasteiger partial charge in [-0.3, -0.25) is 9.59 Å². The molecular weight excluding hydrogens is 396 g/mol. The number of benzene rings is 2. The van der Waals surface area contributed by atoms with Crippen molar-refractivity contribution in [2.24, 2.45) is 0 Å². The molecule has 32 heavy (non-hydrogen) atoms. The van der Waals surface area contributed by atoms with E-state index < -0.39 is 6.04 Å². The molecule has 2 aromatic carbocycles. The van der Waals surface area contributed by atoms with Crippen LogP contribution in [0.5, 0.6) is 0 Å². The molecule has 0 aliphatic heterocycles. The van der Waals surface area contributed by atoms with Crippen LogP contribution in [0, 0.1) is 6.92 Å². The molecule has 0 aliphatic rings. The van der Waals surface area contributed by atoms with Crippen molar-refractivity contribution in [1.82, 2.24) is 10.2 Å². The van der Waals surface area contributed by atoms with Crippen LogP contribution in [-0.4, -0.2) is 28.3 Å². The molecule has 4 nitrogen and oxygen atoms in total. The van der Waals surface area contributed by atoms with Crippen molar-refractivity contribution in [2.45, 2.75) is 91.8 Å². The highest BCUT2D eigenvalue weighted by molar-refractivity contribution is 5.87. The highest BCUT2D eigenvalue weighted by Gasteiger charge is 2.28. The maximum atomic E-state index is 13.3. The van der Waals surface area contributed by atoms with Crippen LogP contribution in [0.3, 0.4) is 0 Å². The molecule has 4 heteroatoms. The molecule has 0 heterocycles.